The van der Waals surface area contributed by atoms with Crippen LogP contribution in [0.1, 0.15) is 53.7 Å². The number of carbonyl (C=O) groups excluding carboxylic acids is 1. The minimum atomic E-state index is -4.47. The molecule has 31 heavy (non-hydrogen) atoms. The van der Waals surface area contributed by atoms with Crippen molar-refractivity contribution in [1.82, 2.24) is 5.32 Å². The van der Waals surface area contributed by atoms with Gasteiger partial charge in [0.25, 0.3) is 5.91 Å². The molecule has 0 saturated heterocycles. The van der Waals surface area contributed by atoms with Crippen LogP contribution in [-0.2, 0) is 23.9 Å². The van der Waals surface area contributed by atoms with Crippen molar-refractivity contribution < 1.29 is 32.6 Å². The SMILES string of the molecule is CCCOc1ccc(CC(CC)C(=O)O)cc1CNC(=O)c1ccc(C(F)(F)F)cc1. The third-order valence-electron chi connectivity index (χ3n) is 4.82. The van der Waals surface area contributed by atoms with Crippen LogP contribution in [-0.4, -0.2) is 23.6 Å². The van der Waals surface area contributed by atoms with Crippen molar-refractivity contribution in [2.45, 2.75) is 45.8 Å². The summed E-state index contributed by atoms with van der Waals surface area (Å²) < 4.78 is 43.8. The highest BCUT2D eigenvalue weighted by atomic mass is 19.4. The lowest BCUT2D eigenvalue weighted by Gasteiger charge is -2.15. The fraction of sp³-hybridized carbons (Fsp3) is 0.391. The van der Waals surface area contributed by atoms with Crippen LogP contribution < -0.4 is 10.1 Å². The normalized spacial score (nSPS) is 12.3. The summed E-state index contributed by atoms with van der Waals surface area (Å²) in [5.41, 5.74) is 0.761. The van der Waals surface area contributed by atoms with Gasteiger partial charge in [0.15, 0.2) is 0 Å². The number of hydrogen-bond acceptors (Lipinski definition) is 3. The van der Waals surface area contributed by atoms with E-state index < -0.39 is 29.5 Å². The summed E-state index contributed by atoms with van der Waals surface area (Å²) >= 11 is 0. The maximum absolute atomic E-state index is 12.7. The zero-order valence-electron chi connectivity index (χ0n) is 17.5. The third kappa shape index (κ3) is 7.01. The van der Waals surface area contributed by atoms with Crippen LogP contribution >= 0.6 is 0 Å². The van der Waals surface area contributed by atoms with Crippen LogP contribution in [0, 0.1) is 5.92 Å². The molecule has 0 aliphatic heterocycles. The quantitative estimate of drug-likeness (QED) is 0.544. The largest absolute Gasteiger partial charge is 0.493 e. The number of carbonyl (C=O) groups is 2. The van der Waals surface area contributed by atoms with Gasteiger partial charge >= 0.3 is 12.1 Å². The Bertz CT molecular complexity index is 895. The second-order valence-electron chi connectivity index (χ2n) is 7.20. The van der Waals surface area contributed by atoms with Gasteiger partial charge in [0, 0.05) is 17.7 Å². The van der Waals surface area contributed by atoms with Crippen molar-refractivity contribution in [2.24, 2.45) is 5.92 Å². The molecule has 1 amide bonds. The number of hydrogen-bond donors (Lipinski definition) is 2. The van der Waals surface area contributed by atoms with Gasteiger partial charge in [0.1, 0.15) is 5.75 Å². The van der Waals surface area contributed by atoms with Gasteiger partial charge in [-0.2, -0.15) is 13.2 Å². The number of aliphatic carboxylic acids is 1. The number of benzene rings is 2. The highest BCUT2D eigenvalue weighted by molar-refractivity contribution is 5.94. The summed E-state index contributed by atoms with van der Waals surface area (Å²) in [6.45, 7) is 4.34. The number of rotatable bonds is 10. The maximum atomic E-state index is 12.7. The van der Waals surface area contributed by atoms with Gasteiger partial charge in [-0.05, 0) is 55.2 Å². The van der Waals surface area contributed by atoms with Crippen molar-refractivity contribution in [3.63, 3.8) is 0 Å². The van der Waals surface area contributed by atoms with Crippen molar-refractivity contribution in [3.8, 4) is 5.75 Å². The molecule has 2 N–H and O–H groups in total. The van der Waals surface area contributed by atoms with Crippen molar-refractivity contribution >= 4 is 11.9 Å². The Morgan fingerprint density at radius 3 is 2.32 bits per heavy atom. The van der Waals surface area contributed by atoms with E-state index in [-0.39, 0.29) is 12.1 Å². The smallest absolute Gasteiger partial charge is 0.416 e. The maximum Gasteiger partial charge on any atom is 0.416 e. The summed E-state index contributed by atoms with van der Waals surface area (Å²) in [5.74, 6) is -1.33. The van der Waals surface area contributed by atoms with E-state index in [1.165, 1.54) is 0 Å². The van der Waals surface area contributed by atoms with E-state index in [1.54, 1.807) is 18.2 Å². The molecule has 0 heterocycles. The lowest BCUT2D eigenvalue weighted by molar-refractivity contribution is -0.141. The van der Waals surface area contributed by atoms with E-state index in [1.807, 2.05) is 13.8 Å². The first kappa shape index (κ1) is 24.2. The molecule has 2 aromatic carbocycles. The fourth-order valence-corrected chi connectivity index (χ4v) is 3.03. The number of nitrogens with one attached hydrogen (secondary N) is 1. The molecule has 0 radical (unpaired) electrons. The van der Waals surface area contributed by atoms with Crippen LogP contribution in [0.25, 0.3) is 0 Å². The fourth-order valence-electron chi connectivity index (χ4n) is 3.03. The minimum absolute atomic E-state index is 0.0939. The Labute approximate surface area is 179 Å². The average molecular weight is 437 g/mol. The van der Waals surface area contributed by atoms with Gasteiger partial charge in [-0.25, -0.2) is 0 Å². The van der Waals surface area contributed by atoms with Crippen molar-refractivity contribution in [1.29, 1.82) is 0 Å². The number of carboxylic acids is 1. The summed E-state index contributed by atoms with van der Waals surface area (Å²) in [5, 5.41) is 12.0. The molecule has 5 nitrogen and oxygen atoms in total. The molecule has 0 aromatic heterocycles. The topological polar surface area (TPSA) is 75.6 Å². The van der Waals surface area contributed by atoms with Gasteiger partial charge in [-0.15, -0.1) is 0 Å². The molecular weight excluding hydrogens is 411 g/mol. The molecule has 2 rings (SSSR count). The van der Waals surface area contributed by atoms with Crippen molar-refractivity contribution in [3.05, 3.63) is 64.7 Å². The van der Waals surface area contributed by atoms with Crippen molar-refractivity contribution in [2.75, 3.05) is 6.61 Å². The number of alkyl halides is 3. The zero-order valence-corrected chi connectivity index (χ0v) is 17.5. The van der Waals surface area contributed by atoms with E-state index in [9.17, 15) is 27.9 Å². The van der Waals surface area contributed by atoms with E-state index in [0.29, 0.717) is 30.8 Å². The first-order chi connectivity index (χ1) is 14.7. The lowest BCUT2D eigenvalue weighted by Crippen LogP contribution is -2.23. The third-order valence-corrected chi connectivity index (χ3v) is 4.82. The van der Waals surface area contributed by atoms with Gasteiger partial charge < -0.3 is 15.2 Å². The first-order valence-electron chi connectivity index (χ1n) is 10.1. The number of carboxylic acid groups (broad SMARTS) is 1. The van der Waals surface area contributed by atoms with E-state index in [4.69, 9.17) is 4.74 Å². The molecule has 8 heteroatoms. The molecule has 168 valence electrons. The molecule has 0 spiro atoms. The van der Waals surface area contributed by atoms with Gasteiger partial charge in [-0.1, -0.05) is 26.0 Å². The average Bonchev–Trinajstić information content (AvgIpc) is 2.74. The van der Waals surface area contributed by atoms with Gasteiger partial charge in [0.05, 0.1) is 18.1 Å². The molecule has 0 fully saturated rings. The highest BCUT2D eigenvalue weighted by Gasteiger charge is 2.30. The van der Waals surface area contributed by atoms with E-state index in [0.717, 1.165) is 36.2 Å². The predicted molar refractivity (Wildman–Crippen MR) is 110 cm³/mol. The number of ether oxygens (including phenoxy) is 1. The van der Waals surface area contributed by atoms with E-state index >= 15 is 0 Å². The second-order valence-corrected chi connectivity index (χ2v) is 7.20. The minimum Gasteiger partial charge on any atom is -0.493 e. The Morgan fingerprint density at radius 1 is 1.10 bits per heavy atom. The molecule has 1 atom stereocenters. The monoisotopic (exact) mass is 437 g/mol. The first-order valence-corrected chi connectivity index (χ1v) is 10.1. The predicted octanol–water partition coefficient (Wildman–Crippen LogP) is 5.08. The summed E-state index contributed by atoms with van der Waals surface area (Å²) in [4.78, 5) is 23.7. The molecule has 0 aliphatic rings. The Balaban J connectivity index is 2.15. The summed E-state index contributed by atoms with van der Waals surface area (Å²) in [7, 11) is 0. The number of amides is 1. The molecule has 1 unspecified atom stereocenters. The molecule has 0 saturated carbocycles. The van der Waals surface area contributed by atoms with Crippen LogP contribution in [0.15, 0.2) is 42.5 Å². The van der Waals surface area contributed by atoms with E-state index in [2.05, 4.69) is 5.32 Å². The summed E-state index contributed by atoms with van der Waals surface area (Å²) in [6.07, 6.45) is -2.84. The highest BCUT2D eigenvalue weighted by Crippen LogP contribution is 2.29. The van der Waals surface area contributed by atoms with Crippen LogP contribution in [0.3, 0.4) is 0 Å². The second kappa shape index (κ2) is 10.8. The Morgan fingerprint density at radius 2 is 1.77 bits per heavy atom. The van der Waals surface area contributed by atoms with Gasteiger partial charge in [0.2, 0.25) is 0 Å². The molecular formula is C23H26F3NO4. The Kier molecular flexibility index (Phi) is 8.47. The van der Waals surface area contributed by atoms with Crippen LogP contribution in [0.4, 0.5) is 13.2 Å². The zero-order chi connectivity index (χ0) is 23.0. The van der Waals surface area contributed by atoms with Crippen LogP contribution in [0.2, 0.25) is 0 Å². The summed E-state index contributed by atoms with van der Waals surface area (Å²) in [6, 6.07) is 9.33. The molecule has 0 bridgehead atoms. The lowest BCUT2D eigenvalue weighted by atomic mass is 9.95. The number of halogens is 3. The Hall–Kier alpha value is -3.03. The standard InChI is InChI=1S/C23H26F3NO4/c1-3-11-31-20-10-5-15(12-16(4-2)22(29)30)13-18(20)14-27-21(28)17-6-8-19(9-7-17)23(24,25)26/h5-10,13,16H,3-4,11-12,14H2,1-2H3,(H,27,28)(H,29,30). The molecule has 2 aromatic rings. The van der Waals surface area contributed by atoms with Gasteiger partial charge in [-0.3, -0.25) is 9.59 Å². The molecule has 0 aliphatic carbocycles. The van der Waals surface area contributed by atoms with Crippen LogP contribution in [0.5, 0.6) is 5.75 Å².